The van der Waals surface area contributed by atoms with Crippen LogP contribution >= 0.6 is 0 Å². The van der Waals surface area contributed by atoms with Crippen LogP contribution in [0.4, 0.5) is 0 Å². The molecule has 0 aliphatic rings. The summed E-state index contributed by atoms with van der Waals surface area (Å²) < 4.78 is 0. The number of fused-ring (bicyclic) bond motifs is 1. The Kier molecular flexibility index (Phi) is 2.76. The first-order chi connectivity index (χ1) is 7.47. The zero-order valence-electron chi connectivity index (χ0n) is 10.1. The van der Waals surface area contributed by atoms with Gasteiger partial charge in [0, 0.05) is 17.1 Å². The van der Waals surface area contributed by atoms with Gasteiger partial charge in [0.25, 0.3) is 0 Å². The molecule has 2 N–H and O–H groups in total. The molecule has 0 spiro atoms. The minimum atomic E-state index is -0.389. The summed E-state index contributed by atoms with van der Waals surface area (Å²) >= 11 is 0. The van der Waals surface area contributed by atoms with Crippen LogP contribution < -0.4 is 0 Å². The quantitative estimate of drug-likeness (QED) is 0.791. The van der Waals surface area contributed by atoms with E-state index in [1.807, 2.05) is 30.5 Å². The molecule has 1 unspecified atom stereocenters. The molecule has 1 aromatic heterocycles. The molecule has 2 heteroatoms. The van der Waals surface area contributed by atoms with Gasteiger partial charge < -0.3 is 10.1 Å². The minimum Gasteiger partial charge on any atom is -0.388 e. The third-order valence-corrected chi connectivity index (χ3v) is 2.79. The first kappa shape index (κ1) is 11.2. The van der Waals surface area contributed by atoms with Crippen molar-refractivity contribution in [2.75, 3.05) is 0 Å². The standard InChI is InChI=1S/C14H19NO/c1-14(2,3)9-13(16)11-5-4-6-12-10(11)7-8-15-12/h4-8,13,15-16H,9H2,1-3H3. The average molecular weight is 217 g/mol. The van der Waals surface area contributed by atoms with Gasteiger partial charge in [0.1, 0.15) is 0 Å². The highest BCUT2D eigenvalue weighted by molar-refractivity contribution is 5.83. The molecular formula is C14H19NO. The van der Waals surface area contributed by atoms with E-state index in [0.717, 1.165) is 22.9 Å². The van der Waals surface area contributed by atoms with Crippen LogP contribution in [0, 0.1) is 5.41 Å². The van der Waals surface area contributed by atoms with Gasteiger partial charge in [-0.05, 0) is 29.5 Å². The molecule has 0 radical (unpaired) electrons. The smallest absolute Gasteiger partial charge is 0.0801 e. The summed E-state index contributed by atoms with van der Waals surface area (Å²) in [5.41, 5.74) is 2.25. The summed E-state index contributed by atoms with van der Waals surface area (Å²) in [6.45, 7) is 6.44. The lowest BCUT2D eigenvalue weighted by atomic mass is 9.86. The predicted molar refractivity (Wildman–Crippen MR) is 67.3 cm³/mol. The number of aliphatic hydroxyl groups excluding tert-OH is 1. The summed E-state index contributed by atoms with van der Waals surface area (Å²) in [6, 6.07) is 8.05. The van der Waals surface area contributed by atoms with E-state index in [-0.39, 0.29) is 11.5 Å². The lowest BCUT2D eigenvalue weighted by molar-refractivity contribution is 0.123. The molecule has 2 rings (SSSR count). The molecule has 2 nitrogen and oxygen atoms in total. The fraction of sp³-hybridized carbons (Fsp3) is 0.429. The molecule has 16 heavy (non-hydrogen) atoms. The maximum Gasteiger partial charge on any atom is 0.0801 e. The second-order valence-electron chi connectivity index (χ2n) is 5.57. The second-order valence-corrected chi connectivity index (χ2v) is 5.57. The minimum absolute atomic E-state index is 0.137. The Labute approximate surface area is 96.3 Å². The number of hydrogen-bond acceptors (Lipinski definition) is 1. The predicted octanol–water partition coefficient (Wildman–Crippen LogP) is 3.64. The van der Waals surface area contributed by atoms with E-state index in [4.69, 9.17) is 0 Å². The summed E-state index contributed by atoms with van der Waals surface area (Å²) in [7, 11) is 0. The zero-order chi connectivity index (χ0) is 11.8. The van der Waals surface area contributed by atoms with Gasteiger partial charge in [0.15, 0.2) is 0 Å². The van der Waals surface area contributed by atoms with Crippen molar-refractivity contribution in [1.82, 2.24) is 4.98 Å². The molecule has 0 amide bonds. The van der Waals surface area contributed by atoms with Crippen molar-refractivity contribution in [3.63, 3.8) is 0 Å². The summed E-state index contributed by atoms with van der Waals surface area (Å²) in [4.78, 5) is 3.17. The Morgan fingerprint density at radius 1 is 1.25 bits per heavy atom. The topological polar surface area (TPSA) is 36.0 Å². The fourth-order valence-electron chi connectivity index (χ4n) is 2.09. The Morgan fingerprint density at radius 2 is 2.00 bits per heavy atom. The Hall–Kier alpha value is -1.28. The highest BCUT2D eigenvalue weighted by Crippen LogP contribution is 2.32. The van der Waals surface area contributed by atoms with Crippen molar-refractivity contribution < 1.29 is 5.11 Å². The number of H-pyrrole nitrogens is 1. The summed E-state index contributed by atoms with van der Waals surface area (Å²) in [5.74, 6) is 0. The lowest BCUT2D eigenvalue weighted by Crippen LogP contribution is -2.11. The molecule has 1 atom stereocenters. The Morgan fingerprint density at radius 3 is 2.69 bits per heavy atom. The number of benzene rings is 1. The number of rotatable bonds is 2. The van der Waals surface area contributed by atoms with E-state index in [2.05, 4.69) is 25.8 Å². The molecule has 0 bridgehead atoms. The van der Waals surface area contributed by atoms with Crippen LogP contribution in [0.25, 0.3) is 10.9 Å². The van der Waals surface area contributed by atoms with E-state index in [9.17, 15) is 5.11 Å². The average Bonchev–Trinajstić information content (AvgIpc) is 2.61. The maximum atomic E-state index is 10.3. The third kappa shape index (κ3) is 2.27. The van der Waals surface area contributed by atoms with Gasteiger partial charge >= 0.3 is 0 Å². The van der Waals surface area contributed by atoms with Gasteiger partial charge in [-0.1, -0.05) is 32.9 Å². The molecule has 2 aromatic rings. The SMILES string of the molecule is CC(C)(C)CC(O)c1cccc2[nH]ccc12. The normalized spacial score (nSPS) is 14.2. The first-order valence-corrected chi connectivity index (χ1v) is 5.71. The van der Waals surface area contributed by atoms with Crippen LogP contribution in [0.15, 0.2) is 30.5 Å². The van der Waals surface area contributed by atoms with Gasteiger partial charge in [-0.25, -0.2) is 0 Å². The van der Waals surface area contributed by atoms with Crippen molar-refractivity contribution in [3.8, 4) is 0 Å². The van der Waals surface area contributed by atoms with Crippen LogP contribution in [0.3, 0.4) is 0 Å². The van der Waals surface area contributed by atoms with Gasteiger partial charge in [-0.2, -0.15) is 0 Å². The Bertz CT molecular complexity index is 479. The number of aromatic nitrogens is 1. The summed E-state index contributed by atoms with van der Waals surface area (Å²) in [5, 5.41) is 11.4. The van der Waals surface area contributed by atoms with Gasteiger partial charge in [0.05, 0.1) is 6.10 Å². The van der Waals surface area contributed by atoms with E-state index in [0.29, 0.717) is 0 Å². The van der Waals surface area contributed by atoms with E-state index < -0.39 is 0 Å². The zero-order valence-corrected chi connectivity index (χ0v) is 10.1. The molecule has 0 saturated heterocycles. The van der Waals surface area contributed by atoms with Crippen molar-refractivity contribution in [3.05, 3.63) is 36.0 Å². The number of aliphatic hydroxyl groups is 1. The van der Waals surface area contributed by atoms with E-state index >= 15 is 0 Å². The Balaban J connectivity index is 2.36. The van der Waals surface area contributed by atoms with Crippen LogP contribution in [0.2, 0.25) is 0 Å². The molecular weight excluding hydrogens is 198 g/mol. The van der Waals surface area contributed by atoms with Crippen molar-refractivity contribution in [2.24, 2.45) is 5.41 Å². The fourth-order valence-corrected chi connectivity index (χ4v) is 2.09. The molecule has 1 heterocycles. The lowest BCUT2D eigenvalue weighted by Gasteiger charge is -2.23. The maximum absolute atomic E-state index is 10.3. The van der Waals surface area contributed by atoms with Crippen molar-refractivity contribution in [2.45, 2.75) is 33.3 Å². The van der Waals surface area contributed by atoms with Crippen LogP contribution in [0.1, 0.15) is 38.9 Å². The first-order valence-electron chi connectivity index (χ1n) is 5.71. The molecule has 0 saturated carbocycles. The molecule has 0 aliphatic heterocycles. The van der Waals surface area contributed by atoms with Crippen LogP contribution in [0.5, 0.6) is 0 Å². The van der Waals surface area contributed by atoms with E-state index in [1.54, 1.807) is 0 Å². The number of aromatic amines is 1. The van der Waals surface area contributed by atoms with Gasteiger partial charge in [-0.15, -0.1) is 0 Å². The molecule has 0 fully saturated rings. The van der Waals surface area contributed by atoms with Gasteiger partial charge in [-0.3, -0.25) is 0 Å². The number of hydrogen-bond donors (Lipinski definition) is 2. The second kappa shape index (κ2) is 3.95. The molecule has 1 aromatic carbocycles. The summed E-state index contributed by atoms with van der Waals surface area (Å²) in [6.07, 6.45) is 2.30. The monoisotopic (exact) mass is 217 g/mol. The molecule has 0 aliphatic carbocycles. The van der Waals surface area contributed by atoms with Crippen LogP contribution in [-0.4, -0.2) is 10.1 Å². The van der Waals surface area contributed by atoms with Crippen LogP contribution in [-0.2, 0) is 0 Å². The number of nitrogens with one attached hydrogen (secondary N) is 1. The van der Waals surface area contributed by atoms with Gasteiger partial charge in [0.2, 0.25) is 0 Å². The van der Waals surface area contributed by atoms with E-state index in [1.165, 1.54) is 0 Å². The highest BCUT2D eigenvalue weighted by Gasteiger charge is 2.19. The largest absolute Gasteiger partial charge is 0.388 e. The highest BCUT2D eigenvalue weighted by atomic mass is 16.3. The third-order valence-electron chi connectivity index (χ3n) is 2.79. The van der Waals surface area contributed by atoms with Crippen molar-refractivity contribution >= 4 is 10.9 Å². The molecule has 86 valence electrons. The van der Waals surface area contributed by atoms with Crippen molar-refractivity contribution in [1.29, 1.82) is 0 Å².